The largest absolute Gasteiger partial charge is 0.416 e. The van der Waals surface area contributed by atoms with E-state index in [0.717, 1.165) is 28.7 Å². The molecule has 0 bridgehead atoms. The number of hydrogen-bond acceptors (Lipinski definition) is 6. The number of fused-ring (bicyclic) bond motifs is 7. The molecule has 3 unspecified atom stereocenters. The molecule has 9 nitrogen and oxygen atoms in total. The zero-order chi connectivity index (χ0) is 58.4. The Kier molecular flexibility index (Phi) is 14.3. The van der Waals surface area contributed by atoms with Crippen molar-refractivity contribution >= 4 is 44.3 Å². The minimum atomic E-state index is 0.0868. The number of hydrogen-bond donors (Lipinski definition) is 0. The van der Waals surface area contributed by atoms with Crippen molar-refractivity contribution in [2.24, 2.45) is 0 Å². The van der Waals surface area contributed by atoms with Crippen LogP contribution in [0.5, 0.6) is 0 Å². The number of nitrogens with zero attached hydrogens (tertiary/aromatic N) is 7. The van der Waals surface area contributed by atoms with Crippen LogP contribution in [-0.2, 0) is 10.8 Å². The molecule has 11 aromatic rings. The van der Waals surface area contributed by atoms with Gasteiger partial charge in [-0.1, -0.05) is 176 Å². The summed E-state index contributed by atoms with van der Waals surface area (Å²) < 4.78 is 19.4. The van der Waals surface area contributed by atoms with Crippen LogP contribution in [0, 0.1) is 0 Å². The topological polar surface area (TPSA) is 88.8 Å². The number of rotatable bonds is 8. The van der Waals surface area contributed by atoms with E-state index in [0.29, 0.717) is 29.6 Å². The Bertz CT molecular complexity index is 4460. The van der Waals surface area contributed by atoms with Gasteiger partial charge in [-0.25, -0.2) is 0 Å². The Labute approximate surface area is 496 Å². The molecule has 418 valence electrons. The number of aromatic nitrogens is 5. The highest BCUT2D eigenvalue weighted by atomic mass is 16.4. The van der Waals surface area contributed by atoms with Gasteiger partial charge in [-0.3, -0.25) is 0 Å². The van der Waals surface area contributed by atoms with Gasteiger partial charge in [0.15, 0.2) is 0 Å². The van der Waals surface area contributed by atoms with Crippen LogP contribution in [-0.4, -0.2) is 37.0 Å². The van der Waals surface area contributed by atoms with Gasteiger partial charge in [0.25, 0.3) is 0 Å². The lowest BCUT2D eigenvalue weighted by Gasteiger charge is -2.18. The fraction of sp³-hybridized carbons (Fsp3) is 0.184. The Morgan fingerprint density at radius 2 is 0.835 bits per heavy atom. The van der Waals surface area contributed by atoms with Crippen LogP contribution in [0.2, 0.25) is 0 Å². The zero-order valence-electron chi connectivity index (χ0n) is 49.5. The summed E-state index contributed by atoms with van der Waals surface area (Å²) in [5, 5.41) is 25.0. The monoisotopic (exact) mass is 1110 g/mol. The molecule has 4 aliphatic rings. The highest BCUT2D eigenvalue weighted by Crippen LogP contribution is 2.35. The minimum absolute atomic E-state index is 0.0868. The van der Waals surface area contributed by atoms with Crippen molar-refractivity contribution in [1.82, 2.24) is 34.1 Å². The summed E-state index contributed by atoms with van der Waals surface area (Å²) in [6.45, 7) is 17.7. The van der Waals surface area contributed by atoms with Gasteiger partial charge in [0.2, 0.25) is 57.7 Å². The first-order chi connectivity index (χ1) is 41.3. The Hall–Kier alpha value is -9.86. The first-order valence-corrected chi connectivity index (χ1v) is 29.6. The Balaban J connectivity index is 0.000000126. The molecule has 3 aromatic heterocycles. The average Bonchev–Trinajstić information content (AvgIpc) is 4.48. The van der Waals surface area contributed by atoms with E-state index in [-0.39, 0.29) is 22.9 Å². The molecule has 0 radical (unpaired) electrons. The third-order valence-electron chi connectivity index (χ3n) is 16.7. The summed E-state index contributed by atoms with van der Waals surface area (Å²) >= 11 is 0. The van der Waals surface area contributed by atoms with E-state index in [9.17, 15) is 0 Å². The van der Waals surface area contributed by atoms with Gasteiger partial charge < -0.3 is 13.4 Å². The lowest BCUT2D eigenvalue weighted by atomic mass is 9.87. The second kappa shape index (κ2) is 22.4. The molecule has 3 atom stereocenters. The molecule has 0 N–H and O–H groups in total. The highest BCUT2D eigenvalue weighted by molar-refractivity contribution is 6.08. The van der Waals surface area contributed by atoms with Gasteiger partial charge >= 0.3 is 0 Å². The van der Waals surface area contributed by atoms with Gasteiger partial charge in [0.1, 0.15) is 0 Å². The number of benzene rings is 8. The molecule has 8 aromatic carbocycles. The maximum Gasteiger partial charge on any atom is 0.248 e. The van der Waals surface area contributed by atoms with Crippen LogP contribution in [0.4, 0.5) is 11.4 Å². The number of allylic oxidation sites excluding steroid dienone is 4. The van der Waals surface area contributed by atoms with Crippen molar-refractivity contribution in [3.05, 3.63) is 275 Å². The van der Waals surface area contributed by atoms with Gasteiger partial charge in [0, 0.05) is 85.5 Å². The van der Waals surface area contributed by atoms with Gasteiger partial charge in [-0.05, 0) is 120 Å². The standard InChI is InChI=1S/C30H30N4O2.C30H22N2.C16H17N/c1-29(2,3)23-14-10-19(11-15-23)25-31-33-27(35-25)21-8-7-9-22(18-21)28-34-32-26(36-28)20-12-16-24(17-13-20)30(4,5)6;1-5-16-27-23(12-1)24-13-2-6-17-28(24)31(27)21-10-9-11-22(20-21)32-29-18-7-3-14-25(29)26-15-4-8-19-30(26)32;1-3-12(2)17-15-10-6-4-8-13(15)14-9-5-7-11-16(14)17/h7-18H,1-6H3;1-20,27,29H;4-12H,3H2,1-2H3/q;+2;. The first-order valence-electron chi connectivity index (χ1n) is 29.6. The average molecular weight is 1110 g/mol. The fourth-order valence-corrected chi connectivity index (χ4v) is 12.1. The van der Waals surface area contributed by atoms with Gasteiger partial charge in [-0.15, -0.1) is 20.4 Å². The maximum absolute atomic E-state index is 6.00. The van der Waals surface area contributed by atoms with Crippen LogP contribution in [0.15, 0.2) is 252 Å². The second-order valence-corrected chi connectivity index (χ2v) is 24.3. The predicted molar refractivity (Wildman–Crippen MR) is 346 cm³/mol. The van der Waals surface area contributed by atoms with Crippen molar-refractivity contribution in [2.75, 3.05) is 0 Å². The SMILES string of the molecule is C1=CC2=c3ccccc3=[N+](c3cccc([N+]4=c5ccccc5=C5C=CC=CC54)c3)C2C=C1.CC(C)(C)c1ccc(-c2nnc(-c3cccc(-c4nnc(-c5ccc(C(C)(C)C)cc5)o4)c3)o2)cc1.CCC(C)n1c2ccccc2c2ccccc21. The summed E-state index contributed by atoms with van der Waals surface area (Å²) in [5.74, 6) is 1.83. The molecule has 5 heterocycles. The molecular formula is C76H69N7O2+2. The molecule has 0 amide bonds. The molecule has 0 fully saturated rings. The summed E-state index contributed by atoms with van der Waals surface area (Å²) in [4.78, 5) is 0. The smallest absolute Gasteiger partial charge is 0.248 e. The normalized spacial score (nSPS) is 16.0. The van der Waals surface area contributed by atoms with Crippen LogP contribution in [0.3, 0.4) is 0 Å². The van der Waals surface area contributed by atoms with Crippen LogP contribution in [0.25, 0.3) is 78.8 Å². The second-order valence-electron chi connectivity index (χ2n) is 24.3. The van der Waals surface area contributed by atoms with Gasteiger partial charge in [-0.2, -0.15) is 9.15 Å². The van der Waals surface area contributed by atoms with E-state index in [2.05, 4.69) is 284 Å². The predicted octanol–water partition coefficient (Wildman–Crippen LogP) is 15.1. The van der Waals surface area contributed by atoms with E-state index >= 15 is 0 Å². The minimum Gasteiger partial charge on any atom is -0.416 e. The molecular weight excluding hydrogens is 1040 g/mol. The molecule has 9 heteroatoms. The quantitative estimate of drug-likeness (QED) is 0.141. The van der Waals surface area contributed by atoms with Crippen LogP contribution < -0.4 is 30.3 Å². The van der Waals surface area contributed by atoms with Crippen molar-refractivity contribution in [2.45, 2.75) is 90.8 Å². The van der Waals surface area contributed by atoms with Crippen molar-refractivity contribution in [3.8, 4) is 45.8 Å². The third kappa shape index (κ3) is 10.5. The molecule has 0 saturated heterocycles. The van der Waals surface area contributed by atoms with E-state index in [1.54, 1.807) is 0 Å². The molecule has 0 saturated carbocycles. The number of para-hydroxylation sites is 4. The molecule has 85 heavy (non-hydrogen) atoms. The van der Waals surface area contributed by atoms with Crippen LogP contribution >= 0.6 is 0 Å². The lowest BCUT2D eigenvalue weighted by Crippen LogP contribution is -2.35. The first kappa shape index (κ1) is 54.4. The molecule has 15 rings (SSSR count). The van der Waals surface area contributed by atoms with E-state index < -0.39 is 0 Å². The summed E-state index contributed by atoms with van der Waals surface area (Å²) in [6, 6.07) is 69.0. The molecule has 0 spiro atoms. The molecule has 2 aliphatic heterocycles. The van der Waals surface area contributed by atoms with Crippen molar-refractivity contribution < 1.29 is 8.83 Å². The maximum atomic E-state index is 6.00. The third-order valence-corrected chi connectivity index (χ3v) is 16.7. The highest BCUT2D eigenvalue weighted by Gasteiger charge is 2.36. The van der Waals surface area contributed by atoms with Crippen LogP contribution in [0.1, 0.15) is 79.0 Å². The van der Waals surface area contributed by atoms with E-state index in [1.807, 2.05) is 48.5 Å². The zero-order valence-corrected chi connectivity index (χ0v) is 49.5. The molecule has 2 aliphatic carbocycles. The Morgan fingerprint density at radius 3 is 1.27 bits per heavy atom. The summed E-state index contributed by atoms with van der Waals surface area (Å²) in [6.07, 6.45) is 18.9. The van der Waals surface area contributed by atoms with Gasteiger partial charge in [0.05, 0.1) is 16.5 Å². The lowest BCUT2D eigenvalue weighted by molar-refractivity contribution is 0.563. The van der Waals surface area contributed by atoms with Crippen molar-refractivity contribution in [3.63, 3.8) is 0 Å². The van der Waals surface area contributed by atoms with E-state index in [4.69, 9.17) is 8.83 Å². The fourth-order valence-electron chi connectivity index (χ4n) is 12.1. The Morgan fingerprint density at radius 1 is 0.435 bits per heavy atom. The van der Waals surface area contributed by atoms with Crippen molar-refractivity contribution in [1.29, 1.82) is 0 Å². The van der Waals surface area contributed by atoms with E-state index in [1.165, 1.54) is 76.6 Å². The summed E-state index contributed by atoms with van der Waals surface area (Å²) in [7, 11) is 0. The summed E-state index contributed by atoms with van der Waals surface area (Å²) in [5.41, 5.74) is 13.9.